The molecule has 0 aliphatic heterocycles. The Hall–Kier alpha value is -1.45. The lowest BCUT2D eigenvalue weighted by atomic mass is 10.2. The molecule has 0 spiro atoms. The fourth-order valence-electron chi connectivity index (χ4n) is 1.41. The first-order chi connectivity index (χ1) is 8.65. The SMILES string of the molecule is Cc1ccc([S@](=O)/N=C/c2cccc(Cl)c2)cc1. The number of aryl methyl sites for hydroxylation is 1. The van der Waals surface area contributed by atoms with Crippen LogP contribution in [0.15, 0.2) is 57.8 Å². The second-order valence-electron chi connectivity index (χ2n) is 3.85. The van der Waals surface area contributed by atoms with Crippen LogP contribution in [0.2, 0.25) is 5.02 Å². The van der Waals surface area contributed by atoms with Gasteiger partial charge in [0.1, 0.15) is 0 Å². The smallest absolute Gasteiger partial charge is 0.172 e. The molecule has 18 heavy (non-hydrogen) atoms. The summed E-state index contributed by atoms with van der Waals surface area (Å²) < 4.78 is 15.9. The zero-order valence-corrected chi connectivity index (χ0v) is 11.4. The third-order valence-corrected chi connectivity index (χ3v) is 3.58. The lowest BCUT2D eigenvalue weighted by Gasteiger charge is -1.97. The Labute approximate surface area is 114 Å². The van der Waals surface area contributed by atoms with Crippen molar-refractivity contribution in [1.82, 2.24) is 0 Å². The molecule has 0 amide bonds. The zero-order valence-electron chi connectivity index (χ0n) is 9.84. The molecule has 0 aromatic heterocycles. The maximum Gasteiger partial charge on any atom is 0.172 e. The van der Waals surface area contributed by atoms with E-state index in [1.165, 1.54) is 0 Å². The highest BCUT2D eigenvalue weighted by Gasteiger charge is 2.00. The molecule has 92 valence electrons. The second kappa shape index (κ2) is 5.94. The van der Waals surface area contributed by atoms with E-state index in [1.54, 1.807) is 18.3 Å². The Bertz CT molecular complexity index is 593. The van der Waals surface area contributed by atoms with E-state index in [-0.39, 0.29) is 0 Å². The molecule has 0 aliphatic carbocycles. The van der Waals surface area contributed by atoms with E-state index >= 15 is 0 Å². The molecule has 0 bridgehead atoms. The third kappa shape index (κ3) is 3.52. The largest absolute Gasteiger partial charge is 0.229 e. The summed E-state index contributed by atoms with van der Waals surface area (Å²) in [7, 11) is -1.37. The van der Waals surface area contributed by atoms with Gasteiger partial charge in [-0.15, -0.1) is 0 Å². The second-order valence-corrected chi connectivity index (χ2v) is 5.47. The summed E-state index contributed by atoms with van der Waals surface area (Å²) in [6.45, 7) is 1.99. The molecule has 4 heteroatoms. The van der Waals surface area contributed by atoms with Gasteiger partial charge in [-0.3, -0.25) is 0 Å². The van der Waals surface area contributed by atoms with Crippen LogP contribution in [0.5, 0.6) is 0 Å². The van der Waals surface area contributed by atoms with E-state index in [1.807, 2.05) is 43.3 Å². The van der Waals surface area contributed by atoms with Gasteiger partial charge in [-0.25, -0.2) is 4.21 Å². The molecule has 2 aromatic rings. The van der Waals surface area contributed by atoms with Gasteiger partial charge in [-0.1, -0.05) is 41.4 Å². The van der Waals surface area contributed by atoms with Crippen LogP contribution >= 0.6 is 11.6 Å². The molecule has 0 heterocycles. The minimum atomic E-state index is -1.37. The molecular weight excluding hydrogens is 266 g/mol. The molecule has 0 saturated heterocycles. The molecule has 0 unspecified atom stereocenters. The zero-order chi connectivity index (χ0) is 13.0. The van der Waals surface area contributed by atoms with Crippen molar-refractivity contribution in [3.05, 3.63) is 64.7 Å². The molecule has 2 rings (SSSR count). The van der Waals surface area contributed by atoms with Crippen LogP contribution in [-0.4, -0.2) is 10.4 Å². The molecule has 0 N–H and O–H groups in total. The Balaban J connectivity index is 2.14. The fourth-order valence-corrected chi connectivity index (χ4v) is 2.32. The van der Waals surface area contributed by atoms with Crippen LogP contribution in [0.25, 0.3) is 0 Å². The molecular formula is C14H12ClNOS. The van der Waals surface area contributed by atoms with Gasteiger partial charge in [0.2, 0.25) is 0 Å². The predicted molar refractivity (Wildman–Crippen MR) is 76.6 cm³/mol. The van der Waals surface area contributed by atoms with Crippen LogP contribution < -0.4 is 0 Å². The van der Waals surface area contributed by atoms with Crippen molar-refractivity contribution in [3.63, 3.8) is 0 Å². The molecule has 0 aliphatic rings. The highest BCUT2D eigenvalue weighted by molar-refractivity contribution is 7.83. The third-order valence-electron chi connectivity index (χ3n) is 2.37. The highest BCUT2D eigenvalue weighted by Crippen LogP contribution is 2.11. The normalized spacial score (nSPS) is 12.8. The van der Waals surface area contributed by atoms with Crippen molar-refractivity contribution in [2.45, 2.75) is 11.8 Å². The van der Waals surface area contributed by atoms with Gasteiger partial charge >= 0.3 is 0 Å². The molecule has 0 saturated carbocycles. The monoisotopic (exact) mass is 277 g/mol. The number of rotatable bonds is 3. The molecule has 0 radical (unpaired) electrons. The van der Waals surface area contributed by atoms with Crippen molar-refractivity contribution >= 4 is 28.8 Å². The van der Waals surface area contributed by atoms with Crippen LogP contribution in [0.3, 0.4) is 0 Å². The summed E-state index contributed by atoms with van der Waals surface area (Å²) in [4.78, 5) is 0.693. The van der Waals surface area contributed by atoms with Crippen molar-refractivity contribution < 1.29 is 4.21 Å². The number of hydrogen-bond acceptors (Lipinski definition) is 1. The summed E-state index contributed by atoms with van der Waals surface area (Å²) in [6.07, 6.45) is 1.57. The molecule has 1 atom stereocenters. The first-order valence-corrected chi connectivity index (χ1v) is 6.92. The maximum atomic E-state index is 11.9. The van der Waals surface area contributed by atoms with Crippen molar-refractivity contribution in [1.29, 1.82) is 0 Å². The van der Waals surface area contributed by atoms with Crippen molar-refractivity contribution in [2.24, 2.45) is 4.40 Å². The van der Waals surface area contributed by atoms with Crippen molar-refractivity contribution in [3.8, 4) is 0 Å². The van der Waals surface area contributed by atoms with Crippen LogP contribution in [0, 0.1) is 6.92 Å². The average molecular weight is 278 g/mol. The lowest BCUT2D eigenvalue weighted by molar-refractivity contribution is 0.684. The lowest BCUT2D eigenvalue weighted by Crippen LogP contribution is -1.89. The highest BCUT2D eigenvalue weighted by atomic mass is 35.5. The van der Waals surface area contributed by atoms with Gasteiger partial charge in [-0.05, 0) is 36.8 Å². The van der Waals surface area contributed by atoms with E-state index in [0.29, 0.717) is 9.92 Å². The number of benzene rings is 2. The van der Waals surface area contributed by atoms with Crippen LogP contribution in [-0.2, 0) is 11.0 Å². The number of hydrogen-bond donors (Lipinski definition) is 0. The van der Waals surface area contributed by atoms with E-state index in [9.17, 15) is 4.21 Å². The van der Waals surface area contributed by atoms with Gasteiger partial charge in [0.25, 0.3) is 0 Å². The Morgan fingerprint density at radius 1 is 1.17 bits per heavy atom. The van der Waals surface area contributed by atoms with E-state index in [0.717, 1.165) is 11.1 Å². The van der Waals surface area contributed by atoms with Gasteiger partial charge < -0.3 is 0 Å². The molecule has 2 nitrogen and oxygen atoms in total. The van der Waals surface area contributed by atoms with E-state index < -0.39 is 11.0 Å². The van der Waals surface area contributed by atoms with Crippen LogP contribution in [0.1, 0.15) is 11.1 Å². The quantitative estimate of drug-likeness (QED) is 0.785. The summed E-state index contributed by atoms with van der Waals surface area (Å²) in [5.41, 5.74) is 1.97. The average Bonchev–Trinajstić information content (AvgIpc) is 2.37. The first-order valence-electron chi connectivity index (χ1n) is 5.43. The summed E-state index contributed by atoms with van der Waals surface area (Å²) in [5, 5.41) is 0.639. The minimum absolute atomic E-state index is 0.639. The minimum Gasteiger partial charge on any atom is -0.229 e. The summed E-state index contributed by atoms with van der Waals surface area (Å²) in [6, 6.07) is 14.7. The summed E-state index contributed by atoms with van der Waals surface area (Å²) in [5.74, 6) is 0. The molecule has 0 fully saturated rings. The number of halogens is 1. The molecule has 2 aromatic carbocycles. The van der Waals surface area contributed by atoms with E-state index in [2.05, 4.69) is 4.40 Å². The standard InChI is InChI=1S/C14H12ClNOS/c1-11-5-7-14(8-6-11)18(17)16-10-12-3-2-4-13(15)9-12/h2-10H,1H3/b16-10+/t18-/m0/s1. The Kier molecular flexibility index (Phi) is 4.28. The number of nitrogens with zero attached hydrogens (tertiary/aromatic N) is 1. The Morgan fingerprint density at radius 3 is 2.56 bits per heavy atom. The predicted octanol–water partition coefficient (Wildman–Crippen LogP) is 3.79. The van der Waals surface area contributed by atoms with Crippen LogP contribution in [0.4, 0.5) is 0 Å². The van der Waals surface area contributed by atoms with Gasteiger partial charge in [-0.2, -0.15) is 4.40 Å². The Morgan fingerprint density at radius 2 is 1.89 bits per heavy atom. The summed E-state index contributed by atoms with van der Waals surface area (Å²) >= 11 is 5.86. The van der Waals surface area contributed by atoms with Gasteiger partial charge in [0, 0.05) is 11.2 Å². The van der Waals surface area contributed by atoms with Crippen molar-refractivity contribution in [2.75, 3.05) is 0 Å². The maximum absolute atomic E-state index is 11.9. The van der Waals surface area contributed by atoms with Gasteiger partial charge in [0.05, 0.1) is 4.90 Å². The first kappa shape index (κ1) is 13.0. The fraction of sp³-hybridized carbons (Fsp3) is 0.0714. The topological polar surface area (TPSA) is 29.4 Å². The van der Waals surface area contributed by atoms with E-state index in [4.69, 9.17) is 11.6 Å². The van der Waals surface area contributed by atoms with Gasteiger partial charge in [0.15, 0.2) is 11.0 Å².